The molecule has 1 aromatic heterocycles. The lowest BCUT2D eigenvalue weighted by molar-refractivity contribution is -0.137. The van der Waals surface area contributed by atoms with Crippen molar-refractivity contribution in [2.45, 2.75) is 13.1 Å². The summed E-state index contributed by atoms with van der Waals surface area (Å²) in [6.07, 6.45) is -4.43. The zero-order chi connectivity index (χ0) is 15.8. The highest BCUT2D eigenvalue weighted by Gasteiger charge is 2.30. The number of nitrogens with zero attached hydrogens (tertiary/aromatic N) is 2. The second-order valence-corrected chi connectivity index (χ2v) is 4.50. The van der Waals surface area contributed by atoms with Gasteiger partial charge in [0.2, 0.25) is 0 Å². The average Bonchev–Trinajstić information content (AvgIpc) is 2.64. The zero-order valence-corrected chi connectivity index (χ0v) is 11.3. The molecule has 5 nitrogen and oxygen atoms in total. The minimum atomic E-state index is -4.43. The summed E-state index contributed by atoms with van der Waals surface area (Å²) < 4.78 is 38.7. The summed E-state index contributed by atoms with van der Waals surface area (Å²) in [5, 5.41) is 6.56. The minimum absolute atomic E-state index is 0.0984. The summed E-state index contributed by atoms with van der Waals surface area (Å²) in [7, 11) is 1.60. The van der Waals surface area contributed by atoms with E-state index in [1.54, 1.807) is 14.0 Å². The van der Waals surface area contributed by atoms with E-state index in [4.69, 9.17) is 5.73 Å². The number of aromatic nitrogens is 2. The Morgan fingerprint density at radius 3 is 2.29 bits per heavy atom. The van der Waals surface area contributed by atoms with Crippen LogP contribution in [-0.2, 0) is 13.2 Å². The Balaban J connectivity index is 2.21. The Hall–Kier alpha value is -2.51. The molecular formula is C13H13F3N4O. The number of hydrogen-bond acceptors (Lipinski definition) is 3. The van der Waals surface area contributed by atoms with E-state index in [1.807, 2.05) is 0 Å². The number of amides is 1. The predicted octanol–water partition coefficient (Wildman–Crippen LogP) is 2.58. The molecule has 0 unspecified atom stereocenters. The second kappa shape index (κ2) is 5.12. The lowest BCUT2D eigenvalue weighted by Crippen LogP contribution is -2.16. The molecule has 1 aromatic carbocycles. The molecule has 2 aromatic rings. The topological polar surface area (TPSA) is 72.9 Å². The molecule has 0 saturated heterocycles. The van der Waals surface area contributed by atoms with Gasteiger partial charge < -0.3 is 11.1 Å². The van der Waals surface area contributed by atoms with E-state index in [0.717, 1.165) is 24.3 Å². The van der Waals surface area contributed by atoms with Gasteiger partial charge in [-0.2, -0.15) is 18.3 Å². The number of benzene rings is 1. The number of rotatable bonds is 2. The molecule has 3 N–H and O–H groups in total. The van der Waals surface area contributed by atoms with Crippen LogP contribution in [0.4, 0.5) is 24.7 Å². The molecule has 2 rings (SSSR count). The maximum atomic E-state index is 12.4. The molecule has 1 amide bonds. The van der Waals surface area contributed by atoms with Gasteiger partial charge in [0.1, 0.15) is 0 Å². The number of hydrogen-bond donors (Lipinski definition) is 2. The zero-order valence-electron chi connectivity index (χ0n) is 11.3. The van der Waals surface area contributed by atoms with E-state index in [0.29, 0.717) is 17.2 Å². The van der Waals surface area contributed by atoms with E-state index < -0.39 is 17.6 Å². The number of nitrogens with one attached hydrogen (secondary N) is 1. The Morgan fingerprint density at radius 1 is 1.29 bits per heavy atom. The van der Waals surface area contributed by atoms with Crippen molar-refractivity contribution >= 4 is 17.4 Å². The highest BCUT2D eigenvalue weighted by molar-refractivity contribution is 6.05. The largest absolute Gasteiger partial charge is 0.416 e. The Morgan fingerprint density at radius 2 is 1.86 bits per heavy atom. The highest BCUT2D eigenvalue weighted by atomic mass is 19.4. The summed E-state index contributed by atoms with van der Waals surface area (Å²) in [6, 6.07) is 3.93. The van der Waals surface area contributed by atoms with Crippen molar-refractivity contribution in [3.8, 4) is 0 Å². The Labute approximate surface area is 118 Å². The van der Waals surface area contributed by atoms with Gasteiger partial charge in [-0.15, -0.1) is 0 Å². The molecule has 0 bridgehead atoms. The summed E-state index contributed by atoms with van der Waals surface area (Å²) in [6.45, 7) is 1.68. The van der Waals surface area contributed by atoms with E-state index in [-0.39, 0.29) is 5.56 Å². The van der Waals surface area contributed by atoms with Crippen LogP contribution in [0.1, 0.15) is 21.6 Å². The normalized spacial score (nSPS) is 11.5. The lowest BCUT2D eigenvalue weighted by atomic mass is 10.1. The molecule has 8 heteroatoms. The summed E-state index contributed by atoms with van der Waals surface area (Å²) in [5.41, 5.74) is 5.93. The fraction of sp³-hybridized carbons (Fsp3) is 0.231. The second-order valence-electron chi connectivity index (χ2n) is 4.50. The third-order valence-corrected chi connectivity index (χ3v) is 2.97. The van der Waals surface area contributed by atoms with E-state index in [2.05, 4.69) is 10.4 Å². The molecule has 0 spiro atoms. The molecule has 112 valence electrons. The van der Waals surface area contributed by atoms with Crippen LogP contribution in [-0.4, -0.2) is 15.7 Å². The van der Waals surface area contributed by atoms with Gasteiger partial charge in [-0.1, -0.05) is 0 Å². The van der Waals surface area contributed by atoms with Crippen LogP contribution in [0.3, 0.4) is 0 Å². The molecule has 21 heavy (non-hydrogen) atoms. The van der Waals surface area contributed by atoms with Crippen LogP contribution in [0.25, 0.3) is 0 Å². The van der Waals surface area contributed by atoms with Crippen LogP contribution in [0.5, 0.6) is 0 Å². The number of nitrogen functional groups attached to an aromatic ring is 1. The molecule has 0 saturated carbocycles. The minimum Gasteiger partial charge on any atom is -0.394 e. The summed E-state index contributed by atoms with van der Waals surface area (Å²) in [4.78, 5) is 12.0. The quantitative estimate of drug-likeness (QED) is 0.895. The number of aryl methyl sites for hydroxylation is 2. The third-order valence-electron chi connectivity index (χ3n) is 2.97. The lowest BCUT2D eigenvalue weighted by Gasteiger charge is -2.09. The first-order valence-corrected chi connectivity index (χ1v) is 5.98. The SMILES string of the molecule is Cc1nn(C)c(NC(=O)c2ccc(C(F)(F)F)cc2)c1N. The van der Waals surface area contributed by atoms with Crippen molar-refractivity contribution in [1.29, 1.82) is 0 Å². The Kier molecular flexibility index (Phi) is 3.63. The standard InChI is InChI=1S/C13H13F3N4O/c1-7-10(17)11(20(2)19-7)18-12(21)8-3-5-9(6-4-8)13(14,15)16/h3-6H,17H2,1-2H3,(H,18,21). The highest BCUT2D eigenvalue weighted by Crippen LogP contribution is 2.29. The number of nitrogens with two attached hydrogens (primary N) is 1. The van der Waals surface area contributed by atoms with Gasteiger partial charge in [0, 0.05) is 12.6 Å². The van der Waals surface area contributed by atoms with Gasteiger partial charge in [0.25, 0.3) is 5.91 Å². The van der Waals surface area contributed by atoms with Gasteiger partial charge in [-0.3, -0.25) is 9.48 Å². The number of alkyl halides is 3. The van der Waals surface area contributed by atoms with Gasteiger partial charge >= 0.3 is 6.18 Å². The van der Waals surface area contributed by atoms with Crippen molar-refractivity contribution in [1.82, 2.24) is 9.78 Å². The number of anilines is 2. The monoisotopic (exact) mass is 298 g/mol. The van der Waals surface area contributed by atoms with Crippen LogP contribution in [0, 0.1) is 6.92 Å². The smallest absolute Gasteiger partial charge is 0.394 e. The number of carbonyl (C=O) groups is 1. The average molecular weight is 298 g/mol. The molecule has 0 aliphatic carbocycles. The maximum absolute atomic E-state index is 12.4. The van der Waals surface area contributed by atoms with Crippen LogP contribution in [0.15, 0.2) is 24.3 Å². The first kappa shape index (κ1) is 14.9. The van der Waals surface area contributed by atoms with Crippen molar-refractivity contribution in [3.63, 3.8) is 0 Å². The molecular weight excluding hydrogens is 285 g/mol. The van der Waals surface area contributed by atoms with Gasteiger partial charge in [0.05, 0.1) is 16.9 Å². The third kappa shape index (κ3) is 2.99. The van der Waals surface area contributed by atoms with E-state index >= 15 is 0 Å². The fourth-order valence-electron chi connectivity index (χ4n) is 1.81. The van der Waals surface area contributed by atoms with Crippen LogP contribution in [0.2, 0.25) is 0 Å². The maximum Gasteiger partial charge on any atom is 0.416 e. The Bertz CT molecular complexity index is 674. The van der Waals surface area contributed by atoms with Crippen LogP contribution >= 0.6 is 0 Å². The van der Waals surface area contributed by atoms with Crippen molar-refractivity contribution in [3.05, 3.63) is 41.1 Å². The summed E-state index contributed by atoms with van der Waals surface area (Å²) >= 11 is 0. The van der Waals surface area contributed by atoms with E-state index in [9.17, 15) is 18.0 Å². The number of carbonyl (C=O) groups excluding carboxylic acids is 1. The fourth-order valence-corrected chi connectivity index (χ4v) is 1.81. The molecule has 0 aliphatic rings. The van der Waals surface area contributed by atoms with Crippen molar-refractivity contribution in [2.75, 3.05) is 11.1 Å². The van der Waals surface area contributed by atoms with Crippen LogP contribution < -0.4 is 11.1 Å². The molecule has 0 aliphatic heterocycles. The predicted molar refractivity (Wildman–Crippen MR) is 71.8 cm³/mol. The van der Waals surface area contributed by atoms with Crippen molar-refractivity contribution < 1.29 is 18.0 Å². The van der Waals surface area contributed by atoms with Gasteiger partial charge in [0.15, 0.2) is 5.82 Å². The van der Waals surface area contributed by atoms with Crippen molar-refractivity contribution in [2.24, 2.45) is 7.05 Å². The number of halogens is 3. The molecule has 1 heterocycles. The van der Waals surface area contributed by atoms with E-state index in [1.165, 1.54) is 4.68 Å². The molecule has 0 atom stereocenters. The summed E-state index contributed by atoms with van der Waals surface area (Å²) in [5.74, 6) is -0.254. The first-order valence-electron chi connectivity index (χ1n) is 5.98. The molecule has 0 fully saturated rings. The van der Waals surface area contributed by atoms with Gasteiger partial charge in [-0.05, 0) is 31.2 Å². The first-order chi connectivity index (χ1) is 9.70. The van der Waals surface area contributed by atoms with Gasteiger partial charge in [-0.25, -0.2) is 0 Å². The molecule has 0 radical (unpaired) electrons.